The normalized spacial score (nSPS) is 13.8. The van der Waals surface area contributed by atoms with Crippen LogP contribution in [-0.2, 0) is 13.1 Å². The van der Waals surface area contributed by atoms with Crippen LogP contribution in [0.5, 0.6) is 0 Å². The Morgan fingerprint density at radius 2 is 1.93 bits per heavy atom. The first-order chi connectivity index (χ1) is 14.2. The second kappa shape index (κ2) is 8.14. The van der Waals surface area contributed by atoms with Crippen LogP contribution in [0.3, 0.4) is 0 Å². The van der Waals surface area contributed by atoms with E-state index < -0.39 is 0 Å². The van der Waals surface area contributed by atoms with Gasteiger partial charge in [-0.1, -0.05) is 30.3 Å². The van der Waals surface area contributed by atoms with Crippen molar-refractivity contribution in [1.29, 1.82) is 0 Å². The summed E-state index contributed by atoms with van der Waals surface area (Å²) in [6.45, 7) is 4.35. The minimum Gasteiger partial charge on any atom is -0.319 e. The van der Waals surface area contributed by atoms with Crippen molar-refractivity contribution < 1.29 is 9.59 Å². The van der Waals surface area contributed by atoms with Gasteiger partial charge in [0, 0.05) is 32.4 Å². The number of urea groups is 1. The molecule has 8 heteroatoms. The van der Waals surface area contributed by atoms with E-state index in [0.717, 1.165) is 5.56 Å². The number of amides is 3. The SMILES string of the molecule is CCn1nccc1C(=O)Nc1ccc(N2CCN(Cc3ccccc3)C2=O)nc1. The molecule has 0 bridgehead atoms. The maximum absolute atomic E-state index is 12.7. The standard InChI is InChI=1S/C21H22N6O2/c1-2-27-18(10-11-23-27)20(28)24-17-8-9-19(22-14-17)26-13-12-25(21(26)29)15-16-6-4-3-5-7-16/h3-11,14H,2,12-13,15H2,1H3,(H,24,28). The third-order valence-electron chi connectivity index (χ3n) is 4.84. The quantitative estimate of drug-likeness (QED) is 0.701. The highest BCUT2D eigenvalue weighted by Gasteiger charge is 2.30. The van der Waals surface area contributed by atoms with Crippen LogP contribution in [0.1, 0.15) is 23.0 Å². The van der Waals surface area contributed by atoms with E-state index in [1.807, 2.05) is 37.3 Å². The number of hydrogen-bond acceptors (Lipinski definition) is 4. The van der Waals surface area contributed by atoms with Crippen molar-refractivity contribution in [2.24, 2.45) is 0 Å². The van der Waals surface area contributed by atoms with Crippen LogP contribution < -0.4 is 10.2 Å². The highest BCUT2D eigenvalue weighted by molar-refractivity contribution is 6.03. The Morgan fingerprint density at radius 1 is 1.10 bits per heavy atom. The third kappa shape index (κ3) is 3.96. The second-order valence-electron chi connectivity index (χ2n) is 6.73. The minimum absolute atomic E-state index is 0.0648. The number of anilines is 2. The van der Waals surface area contributed by atoms with Gasteiger partial charge in [0.25, 0.3) is 5.91 Å². The van der Waals surface area contributed by atoms with Crippen LogP contribution in [0.25, 0.3) is 0 Å². The molecule has 0 spiro atoms. The molecule has 1 aliphatic heterocycles. The largest absolute Gasteiger partial charge is 0.326 e. The van der Waals surface area contributed by atoms with Crippen LogP contribution >= 0.6 is 0 Å². The monoisotopic (exact) mass is 390 g/mol. The molecule has 3 heterocycles. The topological polar surface area (TPSA) is 83.4 Å². The predicted octanol–water partition coefficient (Wildman–Crippen LogP) is 2.99. The molecular formula is C21H22N6O2. The molecule has 3 aromatic rings. The van der Waals surface area contributed by atoms with E-state index in [-0.39, 0.29) is 11.9 Å². The van der Waals surface area contributed by atoms with Gasteiger partial charge in [-0.25, -0.2) is 9.78 Å². The van der Waals surface area contributed by atoms with Gasteiger partial charge in [-0.3, -0.25) is 14.4 Å². The van der Waals surface area contributed by atoms with Crippen LogP contribution in [-0.4, -0.2) is 44.7 Å². The molecule has 8 nitrogen and oxygen atoms in total. The van der Waals surface area contributed by atoms with Gasteiger partial charge in [-0.2, -0.15) is 5.10 Å². The van der Waals surface area contributed by atoms with Crippen LogP contribution in [0, 0.1) is 0 Å². The van der Waals surface area contributed by atoms with Crippen molar-refractivity contribution in [1.82, 2.24) is 19.7 Å². The molecule has 1 N–H and O–H groups in total. The van der Waals surface area contributed by atoms with Crippen LogP contribution in [0.2, 0.25) is 0 Å². The van der Waals surface area contributed by atoms with E-state index in [1.54, 1.807) is 45.1 Å². The average Bonchev–Trinajstić information content (AvgIpc) is 3.37. The molecule has 1 aromatic carbocycles. The maximum Gasteiger partial charge on any atom is 0.326 e. The number of nitrogens with one attached hydrogen (secondary N) is 1. The molecule has 3 amide bonds. The minimum atomic E-state index is -0.245. The first kappa shape index (κ1) is 18.7. The smallest absolute Gasteiger partial charge is 0.319 e. The molecule has 0 saturated carbocycles. The zero-order chi connectivity index (χ0) is 20.2. The van der Waals surface area contributed by atoms with Gasteiger partial charge in [0.05, 0.1) is 11.9 Å². The molecular weight excluding hydrogens is 368 g/mol. The highest BCUT2D eigenvalue weighted by atomic mass is 16.2. The number of aromatic nitrogens is 3. The zero-order valence-corrected chi connectivity index (χ0v) is 16.2. The number of pyridine rings is 1. The van der Waals surface area contributed by atoms with E-state index in [9.17, 15) is 9.59 Å². The number of hydrogen-bond donors (Lipinski definition) is 1. The first-order valence-electron chi connectivity index (χ1n) is 9.55. The summed E-state index contributed by atoms with van der Waals surface area (Å²) >= 11 is 0. The average molecular weight is 390 g/mol. The Hall–Kier alpha value is -3.68. The Kier molecular flexibility index (Phi) is 5.24. The van der Waals surface area contributed by atoms with Gasteiger partial charge < -0.3 is 10.2 Å². The highest BCUT2D eigenvalue weighted by Crippen LogP contribution is 2.21. The summed E-state index contributed by atoms with van der Waals surface area (Å²) in [5.74, 6) is 0.326. The number of carbonyl (C=O) groups excluding carboxylic acids is 2. The number of nitrogens with zero attached hydrogens (tertiary/aromatic N) is 5. The first-order valence-corrected chi connectivity index (χ1v) is 9.55. The fourth-order valence-corrected chi connectivity index (χ4v) is 3.34. The van der Waals surface area contributed by atoms with Gasteiger partial charge in [-0.15, -0.1) is 0 Å². The molecule has 0 unspecified atom stereocenters. The summed E-state index contributed by atoms with van der Waals surface area (Å²) in [4.78, 5) is 33.0. The second-order valence-corrected chi connectivity index (χ2v) is 6.73. The summed E-state index contributed by atoms with van der Waals surface area (Å²) in [5.41, 5.74) is 2.15. The van der Waals surface area contributed by atoms with Gasteiger partial charge >= 0.3 is 6.03 Å². The van der Waals surface area contributed by atoms with Crippen molar-refractivity contribution >= 4 is 23.4 Å². The van der Waals surface area contributed by atoms with Crippen molar-refractivity contribution in [3.8, 4) is 0 Å². The van der Waals surface area contributed by atoms with E-state index in [4.69, 9.17) is 0 Å². The Labute approximate surface area is 168 Å². The molecule has 148 valence electrons. The Morgan fingerprint density at radius 3 is 2.66 bits per heavy atom. The van der Waals surface area contributed by atoms with Crippen molar-refractivity contribution in [3.63, 3.8) is 0 Å². The van der Waals surface area contributed by atoms with E-state index in [0.29, 0.717) is 43.4 Å². The van der Waals surface area contributed by atoms with E-state index >= 15 is 0 Å². The molecule has 0 aliphatic carbocycles. The number of carbonyl (C=O) groups is 2. The molecule has 2 aromatic heterocycles. The summed E-state index contributed by atoms with van der Waals surface area (Å²) in [6.07, 6.45) is 3.16. The summed E-state index contributed by atoms with van der Waals surface area (Å²) in [6, 6.07) is 15.0. The Balaban J connectivity index is 1.40. The number of benzene rings is 1. The lowest BCUT2D eigenvalue weighted by Crippen LogP contribution is -2.31. The fourth-order valence-electron chi connectivity index (χ4n) is 3.34. The fraction of sp³-hybridized carbons (Fsp3) is 0.238. The van der Waals surface area contributed by atoms with Gasteiger partial charge in [0.15, 0.2) is 0 Å². The van der Waals surface area contributed by atoms with Crippen molar-refractivity contribution in [2.75, 3.05) is 23.3 Å². The maximum atomic E-state index is 12.7. The van der Waals surface area contributed by atoms with Gasteiger partial charge in [0.1, 0.15) is 11.5 Å². The summed E-state index contributed by atoms with van der Waals surface area (Å²) < 4.78 is 1.63. The number of aryl methyl sites for hydroxylation is 1. The Bertz CT molecular complexity index is 1000. The van der Waals surface area contributed by atoms with Gasteiger partial charge in [-0.05, 0) is 30.7 Å². The molecule has 0 atom stereocenters. The zero-order valence-electron chi connectivity index (χ0n) is 16.2. The summed E-state index contributed by atoms with van der Waals surface area (Å²) in [5, 5.41) is 6.91. The molecule has 1 aliphatic rings. The molecule has 0 radical (unpaired) electrons. The molecule has 1 saturated heterocycles. The lowest BCUT2D eigenvalue weighted by atomic mass is 10.2. The third-order valence-corrected chi connectivity index (χ3v) is 4.84. The molecule has 1 fully saturated rings. The molecule has 4 rings (SSSR count). The van der Waals surface area contributed by atoms with Crippen LogP contribution in [0.15, 0.2) is 60.9 Å². The van der Waals surface area contributed by atoms with E-state index in [2.05, 4.69) is 15.4 Å². The summed E-state index contributed by atoms with van der Waals surface area (Å²) in [7, 11) is 0. The van der Waals surface area contributed by atoms with Gasteiger partial charge in [0.2, 0.25) is 0 Å². The lowest BCUT2D eigenvalue weighted by molar-refractivity contribution is 0.101. The lowest BCUT2D eigenvalue weighted by Gasteiger charge is -2.18. The van der Waals surface area contributed by atoms with Crippen LogP contribution in [0.4, 0.5) is 16.3 Å². The number of rotatable bonds is 6. The predicted molar refractivity (Wildman–Crippen MR) is 110 cm³/mol. The molecule has 29 heavy (non-hydrogen) atoms. The van der Waals surface area contributed by atoms with E-state index in [1.165, 1.54) is 0 Å². The van der Waals surface area contributed by atoms with Crippen molar-refractivity contribution in [2.45, 2.75) is 20.0 Å². The van der Waals surface area contributed by atoms with Crippen molar-refractivity contribution in [3.05, 3.63) is 72.2 Å².